The average Bonchev–Trinajstić information content (AvgIpc) is 2.47. The summed E-state index contributed by atoms with van der Waals surface area (Å²) in [6.07, 6.45) is 0.412. The molecular formula is C16H22F3N3O2S. The Labute approximate surface area is 145 Å². The van der Waals surface area contributed by atoms with Crippen LogP contribution in [0.15, 0.2) is 12.4 Å². The molecular weight excluding hydrogens is 355 g/mol. The van der Waals surface area contributed by atoms with E-state index in [0.29, 0.717) is 23.5 Å². The Balaban J connectivity index is 1.46. The van der Waals surface area contributed by atoms with E-state index in [4.69, 9.17) is 0 Å². The average molecular weight is 377 g/mol. The van der Waals surface area contributed by atoms with E-state index in [-0.39, 0.29) is 11.3 Å². The van der Waals surface area contributed by atoms with E-state index in [1.807, 2.05) is 0 Å². The normalized spacial score (nSPS) is 24.0. The van der Waals surface area contributed by atoms with Crippen LogP contribution in [0.5, 0.6) is 0 Å². The smallest absolute Gasteiger partial charge is 0.303 e. The summed E-state index contributed by atoms with van der Waals surface area (Å²) >= 11 is 0. The van der Waals surface area contributed by atoms with Gasteiger partial charge in [0.05, 0.1) is 11.5 Å². The van der Waals surface area contributed by atoms with Crippen molar-refractivity contribution in [2.75, 3.05) is 31.1 Å². The molecule has 2 fully saturated rings. The Hall–Kier alpha value is -1.22. The number of rotatable bonds is 4. The van der Waals surface area contributed by atoms with E-state index >= 15 is 0 Å². The van der Waals surface area contributed by atoms with Gasteiger partial charge < -0.3 is 4.90 Å². The van der Waals surface area contributed by atoms with Gasteiger partial charge >= 0.3 is 6.18 Å². The van der Waals surface area contributed by atoms with Gasteiger partial charge in [-0.3, -0.25) is 0 Å². The van der Waals surface area contributed by atoms with Crippen molar-refractivity contribution in [3.63, 3.8) is 0 Å². The molecule has 1 spiro atoms. The van der Waals surface area contributed by atoms with Crippen LogP contribution in [0, 0.1) is 11.3 Å². The molecule has 0 bridgehead atoms. The highest BCUT2D eigenvalue weighted by molar-refractivity contribution is 7.92. The van der Waals surface area contributed by atoms with Crippen LogP contribution in [-0.2, 0) is 22.4 Å². The number of halogens is 3. The van der Waals surface area contributed by atoms with Crippen LogP contribution in [-0.4, -0.2) is 54.4 Å². The molecule has 140 valence electrons. The lowest BCUT2D eigenvalue weighted by Crippen LogP contribution is -2.55. The third-order valence-corrected chi connectivity index (χ3v) is 7.19. The zero-order chi connectivity index (χ0) is 18.3. The third-order valence-electron chi connectivity index (χ3n) is 5.08. The minimum absolute atomic E-state index is 0.000161. The lowest BCUT2D eigenvalue weighted by molar-refractivity contribution is -0.145. The minimum atomic E-state index is -4.51. The zero-order valence-corrected chi connectivity index (χ0v) is 14.9. The maximum Gasteiger partial charge on any atom is 0.451 e. The van der Waals surface area contributed by atoms with Crippen molar-refractivity contribution in [3.8, 4) is 0 Å². The van der Waals surface area contributed by atoms with E-state index in [0.717, 1.165) is 32.5 Å². The molecule has 1 aromatic heterocycles. The first-order chi connectivity index (χ1) is 11.6. The number of sulfone groups is 1. The summed E-state index contributed by atoms with van der Waals surface area (Å²) in [5, 5.41) is 0. The first-order valence-corrected chi connectivity index (χ1v) is 10.2. The highest BCUT2D eigenvalue weighted by Crippen LogP contribution is 2.42. The molecule has 5 nitrogen and oxygen atoms in total. The number of nitrogens with zero attached hydrogens (tertiary/aromatic N) is 3. The van der Waals surface area contributed by atoms with Crippen molar-refractivity contribution in [1.29, 1.82) is 0 Å². The fourth-order valence-corrected chi connectivity index (χ4v) is 6.26. The van der Waals surface area contributed by atoms with E-state index in [1.165, 1.54) is 12.4 Å². The van der Waals surface area contributed by atoms with E-state index in [9.17, 15) is 21.6 Å². The molecule has 2 aliphatic heterocycles. The van der Waals surface area contributed by atoms with Crippen molar-refractivity contribution in [2.24, 2.45) is 11.3 Å². The lowest BCUT2D eigenvalue weighted by Gasteiger charge is -2.47. The molecule has 0 aromatic carbocycles. The van der Waals surface area contributed by atoms with Crippen molar-refractivity contribution in [3.05, 3.63) is 23.8 Å². The van der Waals surface area contributed by atoms with Crippen molar-refractivity contribution in [2.45, 2.75) is 32.4 Å². The summed E-state index contributed by atoms with van der Waals surface area (Å²) in [6.45, 7) is 4.65. The van der Waals surface area contributed by atoms with Gasteiger partial charge in [-0.15, -0.1) is 0 Å². The molecule has 3 rings (SSSR count). The number of hydrogen-bond acceptors (Lipinski definition) is 5. The third kappa shape index (κ3) is 4.49. The molecule has 0 amide bonds. The van der Waals surface area contributed by atoms with Crippen LogP contribution in [0.2, 0.25) is 0 Å². The summed E-state index contributed by atoms with van der Waals surface area (Å²) < 4.78 is 60.2. The van der Waals surface area contributed by atoms with Crippen LogP contribution in [0.25, 0.3) is 0 Å². The quantitative estimate of drug-likeness (QED) is 0.805. The second-order valence-electron chi connectivity index (χ2n) is 7.55. The number of alkyl halides is 3. The molecule has 1 aromatic rings. The predicted octanol–water partition coefficient (Wildman–Crippen LogP) is 2.18. The molecule has 0 unspecified atom stereocenters. The second-order valence-corrected chi connectivity index (χ2v) is 9.62. The fourth-order valence-electron chi connectivity index (χ4n) is 3.90. The fraction of sp³-hybridized carbons (Fsp3) is 0.750. The Bertz CT molecular complexity index is 697. The maximum absolute atomic E-state index is 12.5. The van der Waals surface area contributed by atoms with Gasteiger partial charge in [-0.05, 0) is 43.8 Å². The Morgan fingerprint density at radius 1 is 1.20 bits per heavy atom. The SMILES string of the molecule is C[C@@H](Cc1cnc(C(F)(F)F)nc1)CN1CCC2(CC1)CS(=O)(=O)C2. The van der Waals surface area contributed by atoms with Gasteiger partial charge in [0.2, 0.25) is 5.82 Å². The first-order valence-electron chi connectivity index (χ1n) is 8.38. The highest BCUT2D eigenvalue weighted by atomic mass is 32.2. The highest BCUT2D eigenvalue weighted by Gasteiger charge is 2.49. The number of piperidine rings is 1. The van der Waals surface area contributed by atoms with Crippen molar-refractivity contribution >= 4 is 9.84 Å². The molecule has 25 heavy (non-hydrogen) atoms. The first kappa shape index (κ1) is 18.6. The summed E-state index contributed by atoms with van der Waals surface area (Å²) in [7, 11) is -2.80. The molecule has 2 aliphatic rings. The number of hydrogen-bond donors (Lipinski definition) is 0. The Morgan fingerprint density at radius 2 is 1.76 bits per heavy atom. The minimum Gasteiger partial charge on any atom is -0.303 e. The van der Waals surface area contributed by atoms with E-state index in [1.54, 1.807) is 0 Å². The second kappa shape index (κ2) is 6.50. The molecule has 0 saturated carbocycles. The number of likely N-dealkylation sites (tertiary alicyclic amines) is 1. The van der Waals surface area contributed by atoms with Crippen LogP contribution in [0.1, 0.15) is 31.2 Å². The molecule has 1 atom stereocenters. The van der Waals surface area contributed by atoms with Gasteiger partial charge in [0.1, 0.15) is 0 Å². The van der Waals surface area contributed by atoms with E-state index in [2.05, 4.69) is 21.8 Å². The number of aromatic nitrogens is 2. The Morgan fingerprint density at radius 3 is 2.24 bits per heavy atom. The standard InChI is InChI=1S/C16H22F3N3O2S/c1-12(6-13-7-20-14(21-8-13)16(17,18)19)9-22-4-2-15(3-5-22)10-25(23,24)11-15/h7-8,12H,2-6,9-11H2,1H3/t12-/m0/s1. The summed E-state index contributed by atoms with van der Waals surface area (Å²) in [6, 6.07) is 0. The Kier molecular flexibility index (Phi) is 4.83. The summed E-state index contributed by atoms with van der Waals surface area (Å²) in [5.74, 6) is -0.196. The van der Waals surface area contributed by atoms with Crippen LogP contribution >= 0.6 is 0 Å². The van der Waals surface area contributed by atoms with Gasteiger partial charge in [0, 0.05) is 24.4 Å². The van der Waals surface area contributed by atoms with Gasteiger partial charge in [-0.2, -0.15) is 13.2 Å². The molecule has 0 aliphatic carbocycles. The van der Waals surface area contributed by atoms with Crippen LogP contribution in [0.4, 0.5) is 13.2 Å². The van der Waals surface area contributed by atoms with Crippen molar-refractivity contribution < 1.29 is 21.6 Å². The zero-order valence-electron chi connectivity index (χ0n) is 14.1. The molecule has 0 N–H and O–H groups in total. The van der Waals surface area contributed by atoms with Crippen LogP contribution < -0.4 is 0 Å². The predicted molar refractivity (Wildman–Crippen MR) is 86.7 cm³/mol. The monoisotopic (exact) mass is 377 g/mol. The molecule has 2 saturated heterocycles. The van der Waals surface area contributed by atoms with Gasteiger partial charge in [-0.1, -0.05) is 6.92 Å². The topological polar surface area (TPSA) is 63.2 Å². The van der Waals surface area contributed by atoms with Crippen LogP contribution in [0.3, 0.4) is 0 Å². The molecule has 0 radical (unpaired) electrons. The van der Waals surface area contributed by atoms with Gasteiger partial charge in [0.25, 0.3) is 0 Å². The lowest BCUT2D eigenvalue weighted by atomic mass is 9.81. The largest absolute Gasteiger partial charge is 0.451 e. The summed E-state index contributed by atoms with van der Waals surface area (Å²) in [4.78, 5) is 9.10. The molecule has 9 heteroatoms. The van der Waals surface area contributed by atoms with Gasteiger partial charge in [-0.25, -0.2) is 18.4 Å². The maximum atomic E-state index is 12.5. The van der Waals surface area contributed by atoms with Crippen molar-refractivity contribution in [1.82, 2.24) is 14.9 Å². The molecule has 3 heterocycles. The van der Waals surface area contributed by atoms with Gasteiger partial charge in [0.15, 0.2) is 9.84 Å². The summed E-state index contributed by atoms with van der Waals surface area (Å²) in [5.41, 5.74) is 0.693. The van der Waals surface area contributed by atoms with E-state index < -0.39 is 21.8 Å².